The van der Waals surface area contributed by atoms with Crippen LogP contribution in [0.25, 0.3) is 0 Å². The third-order valence-electron chi connectivity index (χ3n) is 3.59. The van der Waals surface area contributed by atoms with E-state index in [4.69, 9.17) is 5.26 Å². The number of aromatic nitrogens is 2. The first-order valence-electron chi connectivity index (χ1n) is 7.83. The van der Waals surface area contributed by atoms with Crippen LogP contribution in [0.1, 0.15) is 17.5 Å². The molecule has 0 saturated heterocycles. The zero-order valence-electron chi connectivity index (χ0n) is 14.0. The number of amides is 1. The highest BCUT2D eigenvalue weighted by atomic mass is 16.1. The second-order valence-electron chi connectivity index (χ2n) is 5.41. The zero-order valence-corrected chi connectivity index (χ0v) is 14.0. The van der Waals surface area contributed by atoms with Crippen molar-refractivity contribution < 1.29 is 4.79 Å². The molecular formula is C17H22N6O. The molecule has 1 amide bonds. The molecule has 3 N–H and O–H groups in total. The number of carbonyl (C=O) groups excluding carboxylic acids is 1. The van der Waals surface area contributed by atoms with Crippen molar-refractivity contribution in [1.82, 2.24) is 15.1 Å². The SMILES string of the molecule is CNc1c(C#N)cccc1NC(=O)CCNCCc1cnn(C)c1. The van der Waals surface area contributed by atoms with Crippen LogP contribution in [0, 0.1) is 11.3 Å². The Hall–Kier alpha value is -2.85. The summed E-state index contributed by atoms with van der Waals surface area (Å²) in [5, 5.41) is 22.2. The lowest BCUT2D eigenvalue weighted by Crippen LogP contribution is -2.23. The van der Waals surface area contributed by atoms with Gasteiger partial charge in [0.1, 0.15) is 6.07 Å². The molecule has 126 valence electrons. The van der Waals surface area contributed by atoms with E-state index in [0.29, 0.717) is 29.9 Å². The number of anilines is 2. The number of aryl methyl sites for hydroxylation is 1. The predicted molar refractivity (Wildman–Crippen MR) is 93.7 cm³/mol. The summed E-state index contributed by atoms with van der Waals surface area (Å²) < 4.78 is 1.78. The molecule has 0 aliphatic rings. The van der Waals surface area contributed by atoms with Gasteiger partial charge in [0.25, 0.3) is 0 Å². The van der Waals surface area contributed by atoms with Gasteiger partial charge in [-0.1, -0.05) is 6.07 Å². The van der Waals surface area contributed by atoms with Crippen LogP contribution in [0.3, 0.4) is 0 Å². The van der Waals surface area contributed by atoms with Crippen LogP contribution in [-0.2, 0) is 18.3 Å². The van der Waals surface area contributed by atoms with E-state index < -0.39 is 0 Å². The summed E-state index contributed by atoms with van der Waals surface area (Å²) in [6.07, 6.45) is 5.07. The lowest BCUT2D eigenvalue weighted by Gasteiger charge is -2.12. The summed E-state index contributed by atoms with van der Waals surface area (Å²) in [5.74, 6) is -0.0875. The Bertz CT molecular complexity index is 731. The molecule has 0 aliphatic carbocycles. The molecule has 2 rings (SSSR count). The van der Waals surface area contributed by atoms with Gasteiger partial charge in [-0.3, -0.25) is 9.48 Å². The van der Waals surface area contributed by atoms with E-state index in [1.54, 1.807) is 29.9 Å². The molecule has 0 radical (unpaired) electrons. The number of benzene rings is 1. The maximum atomic E-state index is 12.0. The van der Waals surface area contributed by atoms with Crippen LogP contribution in [0.15, 0.2) is 30.6 Å². The van der Waals surface area contributed by atoms with Crippen molar-refractivity contribution in [1.29, 1.82) is 5.26 Å². The van der Waals surface area contributed by atoms with Crippen molar-refractivity contribution in [2.45, 2.75) is 12.8 Å². The molecule has 0 aliphatic heterocycles. The Balaban J connectivity index is 1.75. The molecule has 24 heavy (non-hydrogen) atoms. The first kappa shape index (κ1) is 17.5. The van der Waals surface area contributed by atoms with E-state index in [9.17, 15) is 4.79 Å². The number of rotatable bonds is 8. The van der Waals surface area contributed by atoms with Crippen LogP contribution in [-0.4, -0.2) is 35.8 Å². The molecule has 1 aromatic carbocycles. The van der Waals surface area contributed by atoms with E-state index >= 15 is 0 Å². The topological polar surface area (TPSA) is 94.8 Å². The molecule has 7 heteroatoms. The van der Waals surface area contributed by atoms with Crippen LogP contribution in [0.4, 0.5) is 11.4 Å². The van der Waals surface area contributed by atoms with Gasteiger partial charge in [0.05, 0.1) is 23.1 Å². The molecule has 0 spiro atoms. The fourth-order valence-corrected chi connectivity index (χ4v) is 2.39. The molecule has 1 aromatic heterocycles. The minimum atomic E-state index is -0.0875. The summed E-state index contributed by atoms with van der Waals surface area (Å²) in [7, 11) is 3.62. The quantitative estimate of drug-likeness (QED) is 0.639. The monoisotopic (exact) mass is 326 g/mol. The largest absolute Gasteiger partial charge is 0.385 e. The fourth-order valence-electron chi connectivity index (χ4n) is 2.39. The van der Waals surface area contributed by atoms with Crippen molar-refractivity contribution in [3.63, 3.8) is 0 Å². The Morgan fingerprint density at radius 3 is 2.88 bits per heavy atom. The van der Waals surface area contributed by atoms with E-state index in [1.807, 2.05) is 19.4 Å². The van der Waals surface area contributed by atoms with Crippen LogP contribution in [0.5, 0.6) is 0 Å². The first-order chi connectivity index (χ1) is 11.6. The van der Waals surface area contributed by atoms with E-state index in [0.717, 1.165) is 13.0 Å². The number of nitriles is 1. The number of para-hydroxylation sites is 1. The second kappa shape index (κ2) is 8.70. The lowest BCUT2D eigenvalue weighted by molar-refractivity contribution is -0.116. The van der Waals surface area contributed by atoms with Gasteiger partial charge >= 0.3 is 0 Å². The van der Waals surface area contributed by atoms with Gasteiger partial charge in [0, 0.05) is 33.3 Å². The minimum absolute atomic E-state index is 0.0875. The highest BCUT2D eigenvalue weighted by Crippen LogP contribution is 2.25. The van der Waals surface area contributed by atoms with Gasteiger partial charge in [0.15, 0.2) is 0 Å². The normalized spacial score (nSPS) is 10.2. The van der Waals surface area contributed by atoms with Gasteiger partial charge in [-0.2, -0.15) is 10.4 Å². The van der Waals surface area contributed by atoms with Gasteiger partial charge in [-0.15, -0.1) is 0 Å². The molecule has 0 fully saturated rings. The predicted octanol–water partition coefficient (Wildman–Crippen LogP) is 1.49. The van der Waals surface area contributed by atoms with Gasteiger partial charge < -0.3 is 16.0 Å². The number of hydrogen-bond acceptors (Lipinski definition) is 5. The lowest BCUT2D eigenvalue weighted by atomic mass is 10.1. The van der Waals surface area contributed by atoms with E-state index in [1.165, 1.54) is 5.56 Å². The van der Waals surface area contributed by atoms with E-state index in [2.05, 4.69) is 27.1 Å². The first-order valence-corrected chi connectivity index (χ1v) is 7.83. The van der Waals surface area contributed by atoms with Crippen molar-refractivity contribution >= 4 is 17.3 Å². The Morgan fingerprint density at radius 1 is 1.38 bits per heavy atom. The summed E-state index contributed by atoms with van der Waals surface area (Å²) in [5.41, 5.74) is 2.93. The highest BCUT2D eigenvalue weighted by molar-refractivity contribution is 5.95. The average Bonchev–Trinajstić information content (AvgIpc) is 2.99. The Labute approximate surface area is 141 Å². The van der Waals surface area contributed by atoms with E-state index in [-0.39, 0.29) is 5.91 Å². The molecular weight excluding hydrogens is 304 g/mol. The number of carbonyl (C=O) groups is 1. The summed E-state index contributed by atoms with van der Waals surface area (Å²) in [4.78, 5) is 12.0. The molecule has 0 bridgehead atoms. The number of hydrogen-bond donors (Lipinski definition) is 3. The van der Waals surface area contributed by atoms with Crippen molar-refractivity contribution in [3.05, 3.63) is 41.7 Å². The zero-order chi connectivity index (χ0) is 17.4. The molecule has 0 unspecified atom stereocenters. The number of nitrogens with zero attached hydrogens (tertiary/aromatic N) is 3. The van der Waals surface area contributed by atoms with Crippen LogP contribution in [0.2, 0.25) is 0 Å². The highest BCUT2D eigenvalue weighted by Gasteiger charge is 2.09. The average molecular weight is 326 g/mol. The number of nitrogens with one attached hydrogen (secondary N) is 3. The molecule has 0 atom stereocenters. The maximum absolute atomic E-state index is 12.0. The Morgan fingerprint density at radius 2 is 2.21 bits per heavy atom. The van der Waals surface area contributed by atoms with Crippen LogP contribution < -0.4 is 16.0 Å². The molecule has 2 aromatic rings. The van der Waals surface area contributed by atoms with Crippen molar-refractivity contribution in [3.8, 4) is 6.07 Å². The summed E-state index contributed by atoms with van der Waals surface area (Å²) in [6.45, 7) is 1.39. The standard InChI is InChI=1S/C17H22N6O/c1-19-17-14(10-18)4-3-5-15(17)22-16(24)7-9-20-8-6-13-11-21-23(2)12-13/h3-5,11-12,19-20H,6-9H2,1-2H3,(H,22,24). The molecule has 1 heterocycles. The van der Waals surface area contributed by atoms with Gasteiger partial charge in [-0.05, 0) is 30.7 Å². The maximum Gasteiger partial charge on any atom is 0.225 e. The third kappa shape index (κ3) is 4.83. The van der Waals surface area contributed by atoms with Crippen molar-refractivity contribution in [2.24, 2.45) is 7.05 Å². The second-order valence-corrected chi connectivity index (χ2v) is 5.41. The summed E-state index contributed by atoms with van der Waals surface area (Å²) >= 11 is 0. The van der Waals surface area contributed by atoms with Gasteiger partial charge in [0.2, 0.25) is 5.91 Å². The smallest absolute Gasteiger partial charge is 0.225 e. The third-order valence-corrected chi connectivity index (χ3v) is 3.59. The van der Waals surface area contributed by atoms with Crippen LogP contribution >= 0.6 is 0 Å². The molecule has 7 nitrogen and oxygen atoms in total. The van der Waals surface area contributed by atoms with Crippen molar-refractivity contribution in [2.75, 3.05) is 30.8 Å². The minimum Gasteiger partial charge on any atom is -0.385 e. The molecule has 0 saturated carbocycles. The van der Waals surface area contributed by atoms with Gasteiger partial charge in [-0.25, -0.2) is 0 Å². The Kier molecular flexibility index (Phi) is 6.34. The summed E-state index contributed by atoms with van der Waals surface area (Å²) in [6, 6.07) is 7.34. The fraction of sp³-hybridized carbons (Fsp3) is 0.353.